The van der Waals surface area contributed by atoms with E-state index < -0.39 is 18.5 Å². The minimum Gasteiger partial charge on any atom is -0.496 e. The predicted octanol–water partition coefficient (Wildman–Crippen LogP) is 5.34. The average molecular weight is 459 g/mol. The molecule has 0 bridgehead atoms. The van der Waals surface area contributed by atoms with Gasteiger partial charge in [-0.1, -0.05) is 53.0 Å². The highest BCUT2D eigenvalue weighted by molar-refractivity contribution is 7.21. The van der Waals surface area contributed by atoms with Crippen molar-refractivity contribution in [3.63, 3.8) is 0 Å². The van der Waals surface area contributed by atoms with E-state index in [0.29, 0.717) is 25.9 Å². The fraction of sp³-hybridized carbons (Fsp3) is 0.158. The fourth-order valence-electron chi connectivity index (χ4n) is 2.53. The van der Waals surface area contributed by atoms with Gasteiger partial charge in [-0.25, -0.2) is 4.79 Å². The van der Waals surface area contributed by atoms with Gasteiger partial charge in [0, 0.05) is 27.2 Å². The summed E-state index contributed by atoms with van der Waals surface area (Å²) in [5.74, 6) is -0.490. The molecular weight excluding hydrogens is 445 g/mol. The minimum absolute atomic E-state index is 0.165. The lowest BCUT2D eigenvalue weighted by Gasteiger charge is -2.09. The lowest BCUT2D eigenvalue weighted by Crippen LogP contribution is -2.28. The van der Waals surface area contributed by atoms with Crippen LogP contribution in [0.15, 0.2) is 36.4 Å². The molecule has 3 aromatic rings. The second kappa shape index (κ2) is 9.01. The zero-order valence-corrected chi connectivity index (χ0v) is 17.6. The molecule has 0 spiro atoms. The maximum absolute atomic E-state index is 12.3. The van der Waals surface area contributed by atoms with E-state index in [-0.39, 0.29) is 16.4 Å². The summed E-state index contributed by atoms with van der Waals surface area (Å²) >= 11 is 19.5. The van der Waals surface area contributed by atoms with Crippen molar-refractivity contribution in [1.82, 2.24) is 5.32 Å². The molecule has 0 aliphatic carbocycles. The van der Waals surface area contributed by atoms with Crippen LogP contribution in [0.1, 0.15) is 15.2 Å². The Bertz CT molecular complexity index is 1050. The first-order valence-electron chi connectivity index (χ1n) is 8.03. The highest BCUT2D eigenvalue weighted by Crippen LogP contribution is 2.41. The molecule has 0 fully saturated rings. The van der Waals surface area contributed by atoms with Gasteiger partial charge in [-0.15, -0.1) is 11.3 Å². The van der Waals surface area contributed by atoms with Gasteiger partial charge in [0.15, 0.2) is 6.61 Å². The normalized spacial score (nSPS) is 10.7. The van der Waals surface area contributed by atoms with Crippen LogP contribution in [0, 0.1) is 0 Å². The maximum Gasteiger partial charge on any atom is 0.350 e. The van der Waals surface area contributed by atoms with Crippen molar-refractivity contribution < 1.29 is 19.1 Å². The van der Waals surface area contributed by atoms with Gasteiger partial charge in [-0.2, -0.15) is 0 Å². The predicted molar refractivity (Wildman–Crippen MR) is 112 cm³/mol. The van der Waals surface area contributed by atoms with Crippen LogP contribution in [0.3, 0.4) is 0 Å². The van der Waals surface area contributed by atoms with Crippen LogP contribution >= 0.6 is 46.1 Å². The van der Waals surface area contributed by atoms with E-state index >= 15 is 0 Å². The number of benzene rings is 2. The first kappa shape index (κ1) is 20.7. The number of thiophene rings is 1. The van der Waals surface area contributed by atoms with E-state index in [1.165, 1.54) is 0 Å². The summed E-state index contributed by atoms with van der Waals surface area (Å²) < 4.78 is 11.0. The van der Waals surface area contributed by atoms with Crippen molar-refractivity contribution in [2.45, 2.75) is 6.54 Å². The summed E-state index contributed by atoms with van der Waals surface area (Å²) in [4.78, 5) is 24.5. The second-order valence-electron chi connectivity index (χ2n) is 5.67. The molecule has 2 aromatic carbocycles. The van der Waals surface area contributed by atoms with Gasteiger partial charge in [0.05, 0.1) is 17.2 Å². The lowest BCUT2D eigenvalue weighted by molar-refractivity contribution is -0.124. The Balaban J connectivity index is 1.62. The number of rotatable bonds is 6. The number of hydrogen-bond donors (Lipinski definition) is 1. The summed E-state index contributed by atoms with van der Waals surface area (Å²) in [5, 5.41) is 4.17. The molecule has 0 aliphatic heterocycles. The van der Waals surface area contributed by atoms with Gasteiger partial charge in [0.25, 0.3) is 5.91 Å². The highest BCUT2D eigenvalue weighted by atomic mass is 35.5. The van der Waals surface area contributed by atoms with Crippen molar-refractivity contribution in [1.29, 1.82) is 0 Å². The van der Waals surface area contributed by atoms with Gasteiger partial charge in [-0.05, 0) is 18.2 Å². The summed E-state index contributed by atoms with van der Waals surface area (Å²) in [5.41, 5.74) is 0.809. The van der Waals surface area contributed by atoms with Gasteiger partial charge >= 0.3 is 5.97 Å². The van der Waals surface area contributed by atoms with E-state index in [4.69, 9.17) is 44.3 Å². The Morgan fingerprint density at radius 2 is 1.89 bits per heavy atom. The van der Waals surface area contributed by atoms with E-state index in [1.54, 1.807) is 25.3 Å². The number of halogens is 3. The molecule has 146 valence electrons. The van der Waals surface area contributed by atoms with Crippen LogP contribution in [0.25, 0.3) is 10.1 Å². The van der Waals surface area contributed by atoms with E-state index in [9.17, 15) is 9.59 Å². The zero-order valence-electron chi connectivity index (χ0n) is 14.6. The molecule has 3 rings (SSSR count). The number of methoxy groups -OCH3 is 1. The molecule has 0 saturated heterocycles. The maximum atomic E-state index is 12.3. The molecule has 5 nitrogen and oxygen atoms in total. The summed E-state index contributed by atoms with van der Waals surface area (Å²) in [6.45, 7) is -0.189. The highest BCUT2D eigenvalue weighted by Gasteiger charge is 2.21. The zero-order chi connectivity index (χ0) is 20.3. The Labute approximate surface area is 180 Å². The third-order valence-electron chi connectivity index (χ3n) is 3.84. The molecule has 1 heterocycles. The molecule has 0 unspecified atom stereocenters. The van der Waals surface area contributed by atoms with Gasteiger partial charge in [0.2, 0.25) is 0 Å². The molecule has 0 aliphatic rings. The molecular formula is C19H14Cl3NO4S. The third kappa shape index (κ3) is 4.52. The Morgan fingerprint density at radius 3 is 2.64 bits per heavy atom. The SMILES string of the molecule is COc1ccccc1CNC(=O)COC(=O)c1sc2cc(Cl)cc(Cl)c2c1Cl. The molecule has 0 saturated carbocycles. The third-order valence-corrected chi connectivity index (χ3v) is 5.96. The van der Waals surface area contributed by atoms with E-state index in [2.05, 4.69) is 5.32 Å². The molecule has 9 heteroatoms. The average Bonchev–Trinajstić information content (AvgIpc) is 3.01. The largest absolute Gasteiger partial charge is 0.496 e. The van der Waals surface area contributed by atoms with Gasteiger partial charge in [-0.3, -0.25) is 4.79 Å². The van der Waals surface area contributed by atoms with Crippen LogP contribution in [-0.4, -0.2) is 25.6 Å². The Hall–Kier alpha value is -1.99. The molecule has 1 N–H and O–H groups in total. The standard InChI is InChI=1S/C19H14Cl3NO4S/c1-26-13-5-3-2-4-10(13)8-23-15(24)9-27-19(25)18-17(22)16-12(21)6-11(20)7-14(16)28-18/h2-7H,8-9H2,1H3,(H,23,24). The second-order valence-corrected chi connectivity index (χ2v) is 7.94. The first-order chi connectivity index (χ1) is 13.4. The van der Waals surface area contributed by atoms with Crippen LogP contribution in [0.4, 0.5) is 0 Å². The molecule has 1 amide bonds. The summed E-state index contributed by atoms with van der Waals surface area (Å²) in [6.07, 6.45) is 0. The van der Waals surface area contributed by atoms with Gasteiger partial charge < -0.3 is 14.8 Å². The van der Waals surface area contributed by atoms with E-state index in [0.717, 1.165) is 16.9 Å². The van der Waals surface area contributed by atoms with Crippen molar-refractivity contribution >= 4 is 68.1 Å². The number of fused-ring (bicyclic) bond motifs is 1. The number of esters is 1. The Kier molecular flexibility index (Phi) is 6.67. The number of ether oxygens (including phenoxy) is 2. The smallest absolute Gasteiger partial charge is 0.350 e. The van der Waals surface area contributed by atoms with Crippen LogP contribution in [0.2, 0.25) is 15.1 Å². The molecule has 0 radical (unpaired) electrons. The van der Waals surface area contributed by atoms with Crippen molar-refractivity contribution in [2.24, 2.45) is 0 Å². The van der Waals surface area contributed by atoms with Crippen LogP contribution in [-0.2, 0) is 16.1 Å². The Morgan fingerprint density at radius 1 is 1.14 bits per heavy atom. The number of amides is 1. The topological polar surface area (TPSA) is 64.6 Å². The first-order valence-corrected chi connectivity index (χ1v) is 9.98. The van der Waals surface area contributed by atoms with E-state index in [1.807, 2.05) is 18.2 Å². The number of hydrogen-bond acceptors (Lipinski definition) is 5. The lowest BCUT2D eigenvalue weighted by atomic mass is 10.2. The van der Waals surface area contributed by atoms with Gasteiger partial charge in [0.1, 0.15) is 10.6 Å². The monoisotopic (exact) mass is 457 g/mol. The summed E-state index contributed by atoms with van der Waals surface area (Å²) in [7, 11) is 1.55. The number of carbonyl (C=O) groups excluding carboxylic acids is 2. The molecule has 28 heavy (non-hydrogen) atoms. The quantitative estimate of drug-likeness (QED) is 0.506. The number of nitrogens with one attached hydrogen (secondary N) is 1. The minimum atomic E-state index is -0.703. The molecule has 0 atom stereocenters. The summed E-state index contributed by atoms with van der Waals surface area (Å²) in [6, 6.07) is 10.5. The van der Waals surface area contributed by atoms with Crippen LogP contribution < -0.4 is 10.1 Å². The van der Waals surface area contributed by atoms with Crippen molar-refractivity contribution in [3.05, 3.63) is 61.9 Å². The van der Waals surface area contributed by atoms with Crippen molar-refractivity contribution in [2.75, 3.05) is 13.7 Å². The van der Waals surface area contributed by atoms with Crippen LogP contribution in [0.5, 0.6) is 5.75 Å². The van der Waals surface area contributed by atoms with Crippen molar-refractivity contribution in [3.8, 4) is 5.75 Å². The fourth-order valence-corrected chi connectivity index (χ4v) is 4.80. The number of para-hydroxylation sites is 1. The number of carbonyl (C=O) groups is 2. The molecule has 1 aromatic heterocycles.